The minimum absolute atomic E-state index is 0.117. The SMILES string of the molecule is CC(C)(C)NCc1ccc(COc2nccc(N)n2)cc1. The molecule has 2 rings (SSSR count). The van der Waals surface area contributed by atoms with E-state index in [2.05, 4.69) is 48.2 Å². The number of hydrogen-bond acceptors (Lipinski definition) is 5. The van der Waals surface area contributed by atoms with Gasteiger partial charge in [0.05, 0.1) is 0 Å². The standard InChI is InChI=1S/C16H22N4O/c1-16(2,3)19-10-12-4-6-13(7-5-12)11-21-15-18-9-8-14(17)20-15/h4-9,19H,10-11H2,1-3H3,(H2,17,18,20). The van der Waals surface area contributed by atoms with Gasteiger partial charge < -0.3 is 15.8 Å². The number of hydrogen-bond donors (Lipinski definition) is 2. The molecule has 0 aliphatic rings. The molecule has 5 heteroatoms. The van der Waals surface area contributed by atoms with Crippen LogP contribution in [0.1, 0.15) is 31.9 Å². The Bertz CT molecular complexity index is 576. The third-order valence-electron chi connectivity index (χ3n) is 2.87. The first-order valence-corrected chi connectivity index (χ1v) is 6.96. The molecule has 5 nitrogen and oxygen atoms in total. The summed E-state index contributed by atoms with van der Waals surface area (Å²) in [5.74, 6) is 0.406. The molecule has 21 heavy (non-hydrogen) atoms. The number of nitrogen functional groups attached to an aromatic ring is 1. The number of nitrogens with two attached hydrogens (primary N) is 1. The largest absolute Gasteiger partial charge is 0.459 e. The fraction of sp³-hybridized carbons (Fsp3) is 0.375. The normalized spacial score (nSPS) is 11.4. The first-order chi connectivity index (χ1) is 9.92. The fourth-order valence-electron chi connectivity index (χ4n) is 1.69. The van der Waals surface area contributed by atoms with Crippen LogP contribution in [0.25, 0.3) is 0 Å². The Morgan fingerprint density at radius 2 is 1.76 bits per heavy atom. The van der Waals surface area contributed by atoms with Crippen LogP contribution in [0.2, 0.25) is 0 Å². The molecule has 0 aliphatic heterocycles. The molecule has 1 aromatic carbocycles. The van der Waals surface area contributed by atoms with E-state index in [0.717, 1.165) is 12.1 Å². The van der Waals surface area contributed by atoms with Crippen molar-refractivity contribution in [2.75, 3.05) is 5.73 Å². The van der Waals surface area contributed by atoms with Crippen LogP contribution >= 0.6 is 0 Å². The van der Waals surface area contributed by atoms with E-state index >= 15 is 0 Å². The molecule has 0 bridgehead atoms. The second kappa shape index (κ2) is 6.54. The van der Waals surface area contributed by atoms with Crippen LogP contribution in [0.5, 0.6) is 6.01 Å². The van der Waals surface area contributed by atoms with Gasteiger partial charge in [0.15, 0.2) is 0 Å². The van der Waals surface area contributed by atoms with Crippen molar-refractivity contribution >= 4 is 5.82 Å². The van der Waals surface area contributed by atoms with Crippen molar-refractivity contribution in [1.82, 2.24) is 15.3 Å². The molecule has 3 N–H and O–H groups in total. The lowest BCUT2D eigenvalue weighted by Gasteiger charge is -2.20. The lowest BCUT2D eigenvalue weighted by atomic mass is 10.1. The summed E-state index contributed by atoms with van der Waals surface area (Å²) in [5.41, 5.74) is 8.01. The number of nitrogens with zero attached hydrogens (tertiary/aromatic N) is 2. The Morgan fingerprint density at radius 1 is 1.10 bits per heavy atom. The van der Waals surface area contributed by atoms with Crippen molar-refractivity contribution in [2.24, 2.45) is 0 Å². The van der Waals surface area contributed by atoms with E-state index in [1.807, 2.05) is 12.1 Å². The molecule has 1 aromatic heterocycles. The Morgan fingerprint density at radius 3 is 2.38 bits per heavy atom. The van der Waals surface area contributed by atoms with Crippen molar-refractivity contribution in [3.8, 4) is 6.01 Å². The van der Waals surface area contributed by atoms with Crippen molar-refractivity contribution in [1.29, 1.82) is 0 Å². The predicted octanol–water partition coefficient (Wildman–Crippen LogP) is 2.53. The first-order valence-electron chi connectivity index (χ1n) is 6.96. The molecule has 0 atom stereocenters. The zero-order valence-electron chi connectivity index (χ0n) is 12.8. The summed E-state index contributed by atoms with van der Waals surface area (Å²) in [4.78, 5) is 8.00. The molecule has 2 aromatic rings. The summed E-state index contributed by atoms with van der Waals surface area (Å²) in [6.07, 6.45) is 1.58. The van der Waals surface area contributed by atoms with Crippen molar-refractivity contribution < 1.29 is 4.74 Å². The molecular formula is C16H22N4O. The lowest BCUT2D eigenvalue weighted by Crippen LogP contribution is -2.35. The average molecular weight is 286 g/mol. The van der Waals surface area contributed by atoms with Crippen molar-refractivity contribution in [3.63, 3.8) is 0 Å². The zero-order valence-corrected chi connectivity index (χ0v) is 12.8. The maximum absolute atomic E-state index is 5.58. The molecular weight excluding hydrogens is 264 g/mol. The molecule has 0 saturated carbocycles. The first kappa shape index (κ1) is 15.3. The van der Waals surface area contributed by atoms with Crippen molar-refractivity contribution in [2.45, 2.75) is 39.5 Å². The zero-order chi connectivity index (χ0) is 15.3. The minimum atomic E-state index is 0.117. The van der Waals surface area contributed by atoms with E-state index in [4.69, 9.17) is 10.5 Å². The molecule has 0 unspecified atom stereocenters. The smallest absolute Gasteiger partial charge is 0.318 e. The van der Waals surface area contributed by atoms with Gasteiger partial charge in [-0.3, -0.25) is 0 Å². The number of rotatable bonds is 5. The second-order valence-corrected chi connectivity index (χ2v) is 5.97. The van der Waals surface area contributed by atoms with Crippen LogP contribution in [0.4, 0.5) is 5.82 Å². The number of benzene rings is 1. The second-order valence-electron chi connectivity index (χ2n) is 5.97. The minimum Gasteiger partial charge on any atom is -0.459 e. The number of aromatic nitrogens is 2. The van der Waals surface area contributed by atoms with E-state index in [1.54, 1.807) is 12.3 Å². The summed E-state index contributed by atoms with van der Waals surface area (Å²) in [5, 5.41) is 3.46. The topological polar surface area (TPSA) is 73.1 Å². The predicted molar refractivity (Wildman–Crippen MR) is 83.8 cm³/mol. The van der Waals surface area contributed by atoms with Crippen LogP contribution < -0.4 is 15.8 Å². The maximum Gasteiger partial charge on any atom is 0.318 e. The monoisotopic (exact) mass is 286 g/mol. The van der Waals surface area contributed by atoms with Crippen LogP contribution in [0.3, 0.4) is 0 Å². The fourth-order valence-corrected chi connectivity index (χ4v) is 1.69. The summed E-state index contributed by atoms with van der Waals surface area (Å²) in [6.45, 7) is 7.74. The molecule has 0 spiro atoms. The molecule has 0 saturated heterocycles. The number of nitrogens with one attached hydrogen (secondary N) is 1. The lowest BCUT2D eigenvalue weighted by molar-refractivity contribution is 0.281. The van der Waals surface area contributed by atoms with E-state index in [-0.39, 0.29) is 5.54 Å². The highest BCUT2D eigenvalue weighted by Gasteiger charge is 2.08. The molecule has 0 aliphatic carbocycles. The van der Waals surface area contributed by atoms with Gasteiger partial charge in [0.25, 0.3) is 0 Å². The Hall–Kier alpha value is -2.14. The quantitative estimate of drug-likeness (QED) is 0.883. The Kier molecular flexibility index (Phi) is 4.75. The highest BCUT2D eigenvalue weighted by atomic mass is 16.5. The highest BCUT2D eigenvalue weighted by molar-refractivity contribution is 5.27. The van der Waals surface area contributed by atoms with Gasteiger partial charge in [0.2, 0.25) is 0 Å². The summed E-state index contributed by atoms with van der Waals surface area (Å²) >= 11 is 0. The van der Waals surface area contributed by atoms with Crippen molar-refractivity contribution in [3.05, 3.63) is 47.7 Å². The third-order valence-corrected chi connectivity index (χ3v) is 2.87. The van der Waals surface area contributed by atoms with Gasteiger partial charge in [-0.05, 0) is 38.0 Å². The van der Waals surface area contributed by atoms with E-state index in [9.17, 15) is 0 Å². The summed E-state index contributed by atoms with van der Waals surface area (Å²) < 4.78 is 5.51. The van der Waals surface area contributed by atoms with E-state index in [0.29, 0.717) is 18.4 Å². The van der Waals surface area contributed by atoms with Gasteiger partial charge in [0, 0.05) is 18.3 Å². The number of ether oxygens (including phenoxy) is 1. The molecule has 0 radical (unpaired) electrons. The van der Waals surface area contributed by atoms with Gasteiger partial charge in [0.1, 0.15) is 12.4 Å². The van der Waals surface area contributed by atoms with Gasteiger partial charge in [-0.2, -0.15) is 4.98 Å². The van der Waals surface area contributed by atoms with Gasteiger partial charge >= 0.3 is 6.01 Å². The molecule has 0 fully saturated rings. The molecule has 1 heterocycles. The van der Waals surface area contributed by atoms with Crippen LogP contribution in [0.15, 0.2) is 36.5 Å². The molecule has 0 amide bonds. The van der Waals surface area contributed by atoms with Crippen LogP contribution in [0, 0.1) is 0 Å². The highest BCUT2D eigenvalue weighted by Crippen LogP contribution is 2.10. The summed E-state index contributed by atoms with van der Waals surface area (Å²) in [7, 11) is 0. The van der Waals surface area contributed by atoms with Gasteiger partial charge in [-0.1, -0.05) is 24.3 Å². The summed E-state index contributed by atoms with van der Waals surface area (Å²) in [6, 6.07) is 10.2. The van der Waals surface area contributed by atoms with E-state index in [1.165, 1.54) is 5.56 Å². The average Bonchev–Trinajstić information content (AvgIpc) is 2.43. The Labute approximate surface area is 125 Å². The molecule has 112 valence electrons. The van der Waals surface area contributed by atoms with Crippen LogP contribution in [-0.4, -0.2) is 15.5 Å². The number of anilines is 1. The third kappa shape index (κ3) is 5.39. The Balaban J connectivity index is 1.87. The van der Waals surface area contributed by atoms with E-state index < -0.39 is 0 Å². The van der Waals surface area contributed by atoms with Gasteiger partial charge in [-0.15, -0.1) is 0 Å². The maximum atomic E-state index is 5.58. The van der Waals surface area contributed by atoms with Crippen LogP contribution in [-0.2, 0) is 13.2 Å². The van der Waals surface area contributed by atoms with Gasteiger partial charge in [-0.25, -0.2) is 4.98 Å².